The van der Waals surface area contributed by atoms with Crippen LogP contribution in [-0.2, 0) is 6.42 Å². The molecule has 0 bridgehead atoms. The first kappa shape index (κ1) is 8.47. The van der Waals surface area contributed by atoms with Crippen LogP contribution in [0.3, 0.4) is 0 Å². The molecule has 1 atom stereocenters. The molecule has 0 aromatic carbocycles. The fourth-order valence-corrected chi connectivity index (χ4v) is 1.75. The summed E-state index contributed by atoms with van der Waals surface area (Å²) in [6.45, 7) is 0. The fraction of sp³-hybridized carbons (Fsp3) is 0.222. The molecule has 2 aromatic rings. The van der Waals surface area contributed by atoms with Crippen molar-refractivity contribution in [2.75, 3.05) is 0 Å². The molecule has 3 nitrogen and oxygen atoms in total. The van der Waals surface area contributed by atoms with Crippen LogP contribution in [-0.4, -0.2) is 10.1 Å². The second-order valence-electron chi connectivity index (χ2n) is 2.70. The third-order valence-corrected chi connectivity index (χ3v) is 2.55. The molecule has 0 aliphatic carbocycles. The Morgan fingerprint density at radius 3 is 3.15 bits per heavy atom. The highest BCUT2D eigenvalue weighted by Gasteiger charge is 2.11. The van der Waals surface area contributed by atoms with Gasteiger partial charge >= 0.3 is 0 Å². The lowest BCUT2D eigenvalue weighted by molar-refractivity contribution is 0.151. The van der Waals surface area contributed by atoms with Gasteiger partial charge in [-0.2, -0.15) is 0 Å². The quantitative estimate of drug-likeness (QED) is 0.814. The molecule has 2 aromatic heterocycles. The van der Waals surface area contributed by atoms with Crippen molar-refractivity contribution in [3.63, 3.8) is 0 Å². The average Bonchev–Trinajstić information content (AvgIpc) is 2.74. The molecule has 0 saturated heterocycles. The molecule has 0 radical (unpaired) electrons. The van der Waals surface area contributed by atoms with E-state index in [1.54, 1.807) is 30.1 Å². The standard InChI is InChI=1S/C9H9NO2S/c11-8(9-2-1-3-12-9)4-7-5-10-6-13-7/h1-3,5-6,8,11H,4H2. The van der Waals surface area contributed by atoms with Crippen molar-refractivity contribution in [2.45, 2.75) is 12.5 Å². The van der Waals surface area contributed by atoms with Crippen molar-refractivity contribution >= 4 is 11.3 Å². The number of aliphatic hydroxyl groups is 1. The van der Waals surface area contributed by atoms with E-state index >= 15 is 0 Å². The smallest absolute Gasteiger partial charge is 0.132 e. The monoisotopic (exact) mass is 195 g/mol. The molecular formula is C9H9NO2S. The maximum absolute atomic E-state index is 9.67. The van der Waals surface area contributed by atoms with E-state index in [1.165, 1.54) is 11.3 Å². The summed E-state index contributed by atoms with van der Waals surface area (Å²) in [5.41, 5.74) is 1.75. The Hall–Kier alpha value is -1.13. The van der Waals surface area contributed by atoms with Crippen LogP contribution in [0.4, 0.5) is 0 Å². The van der Waals surface area contributed by atoms with E-state index in [-0.39, 0.29) is 0 Å². The highest BCUT2D eigenvalue weighted by atomic mass is 32.1. The van der Waals surface area contributed by atoms with E-state index in [9.17, 15) is 5.11 Å². The number of rotatable bonds is 3. The van der Waals surface area contributed by atoms with E-state index in [0.29, 0.717) is 12.2 Å². The largest absolute Gasteiger partial charge is 0.467 e. The van der Waals surface area contributed by atoms with Crippen LogP contribution in [0.15, 0.2) is 34.5 Å². The van der Waals surface area contributed by atoms with Gasteiger partial charge in [0.15, 0.2) is 0 Å². The number of furan rings is 1. The molecule has 1 N–H and O–H groups in total. The van der Waals surface area contributed by atoms with Gasteiger partial charge in [0.25, 0.3) is 0 Å². The predicted molar refractivity (Wildman–Crippen MR) is 49.5 cm³/mol. The Morgan fingerprint density at radius 1 is 1.62 bits per heavy atom. The molecular weight excluding hydrogens is 186 g/mol. The van der Waals surface area contributed by atoms with E-state index in [0.717, 1.165) is 4.88 Å². The molecule has 4 heteroatoms. The number of hydrogen-bond acceptors (Lipinski definition) is 4. The van der Waals surface area contributed by atoms with Crippen LogP contribution in [0.5, 0.6) is 0 Å². The SMILES string of the molecule is OC(Cc1cncs1)c1ccco1. The van der Waals surface area contributed by atoms with Crippen molar-refractivity contribution in [3.05, 3.63) is 40.7 Å². The molecule has 2 rings (SSSR count). The second-order valence-corrected chi connectivity index (χ2v) is 3.67. The summed E-state index contributed by atoms with van der Waals surface area (Å²) in [7, 11) is 0. The molecule has 68 valence electrons. The minimum absolute atomic E-state index is 0.560. The number of aliphatic hydroxyl groups excluding tert-OH is 1. The normalized spacial score (nSPS) is 13.0. The Kier molecular flexibility index (Phi) is 2.42. The molecule has 0 saturated carbocycles. The summed E-state index contributed by atoms with van der Waals surface area (Å²) in [6.07, 6.45) is 3.33. The van der Waals surface area contributed by atoms with Crippen LogP contribution in [0.1, 0.15) is 16.7 Å². The van der Waals surface area contributed by atoms with Crippen molar-refractivity contribution < 1.29 is 9.52 Å². The summed E-state index contributed by atoms with van der Waals surface area (Å²) in [5.74, 6) is 0.605. The Balaban J connectivity index is 2.04. The summed E-state index contributed by atoms with van der Waals surface area (Å²) in [6, 6.07) is 3.54. The van der Waals surface area contributed by atoms with Gasteiger partial charge in [-0.3, -0.25) is 4.98 Å². The van der Waals surface area contributed by atoms with E-state index in [4.69, 9.17) is 4.42 Å². The molecule has 2 heterocycles. The van der Waals surface area contributed by atoms with Crippen LogP contribution < -0.4 is 0 Å². The molecule has 0 spiro atoms. The van der Waals surface area contributed by atoms with E-state index in [1.807, 2.05) is 0 Å². The van der Waals surface area contributed by atoms with E-state index < -0.39 is 6.10 Å². The lowest BCUT2D eigenvalue weighted by atomic mass is 10.2. The topological polar surface area (TPSA) is 46.3 Å². The Morgan fingerprint density at radius 2 is 2.54 bits per heavy atom. The van der Waals surface area contributed by atoms with Gasteiger partial charge in [-0.25, -0.2) is 0 Å². The fourth-order valence-electron chi connectivity index (χ4n) is 1.11. The molecule has 1 unspecified atom stereocenters. The Labute approximate surface area is 79.7 Å². The zero-order chi connectivity index (χ0) is 9.10. The average molecular weight is 195 g/mol. The van der Waals surface area contributed by atoms with Crippen LogP contribution in [0.2, 0.25) is 0 Å². The lowest BCUT2D eigenvalue weighted by Crippen LogP contribution is -1.98. The lowest BCUT2D eigenvalue weighted by Gasteiger charge is -2.04. The first-order valence-corrected chi connectivity index (χ1v) is 4.83. The van der Waals surface area contributed by atoms with Gasteiger partial charge in [-0.05, 0) is 12.1 Å². The molecule has 0 aliphatic heterocycles. The predicted octanol–water partition coefficient (Wildman–Crippen LogP) is 2.01. The number of hydrogen-bond donors (Lipinski definition) is 1. The first-order chi connectivity index (χ1) is 6.36. The van der Waals surface area contributed by atoms with Gasteiger partial charge in [0.05, 0.1) is 11.8 Å². The van der Waals surface area contributed by atoms with Gasteiger partial charge < -0.3 is 9.52 Å². The number of thiazole rings is 1. The minimum Gasteiger partial charge on any atom is -0.467 e. The number of nitrogens with zero attached hydrogens (tertiary/aromatic N) is 1. The van der Waals surface area contributed by atoms with Gasteiger partial charge in [0.1, 0.15) is 11.9 Å². The maximum Gasteiger partial charge on any atom is 0.132 e. The van der Waals surface area contributed by atoms with Gasteiger partial charge in [0, 0.05) is 17.5 Å². The maximum atomic E-state index is 9.67. The molecule has 0 aliphatic rings. The minimum atomic E-state index is -0.560. The summed E-state index contributed by atoms with van der Waals surface area (Å²) in [4.78, 5) is 4.99. The third-order valence-electron chi connectivity index (χ3n) is 1.75. The van der Waals surface area contributed by atoms with Crippen molar-refractivity contribution in [1.29, 1.82) is 0 Å². The summed E-state index contributed by atoms with van der Waals surface area (Å²) in [5, 5.41) is 9.67. The first-order valence-electron chi connectivity index (χ1n) is 3.95. The third kappa shape index (κ3) is 1.96. The summed E-state index contributed by atoms with van der Waals surface area (Å²) < 4.78 is 5.08. The zero-order valence-electron chi connectivity index (χ0n) is 6.88. The van der Waals surface area contributed by atoms with Crippen molar-refractivity contribution in [3.8, 4) is 0 Å². The Bertz CT molecular complexity index is 342. The van der Waals surface area contributed by atoms with Crippen LogP contribution >= 0.6 is 11.3 Å². The highest BCUT2D eigenvalue weighted by Crippen LogP contribution is 2.20. The second kappa shape index (κ2) is 3.72. The van der Waals surface area contributed by atoms with Gasteiger partial charge in [-0.1, -0.05) is 0 Å². The molecule has 13 heavy (non-hydrogen) atoms. The molecule has 0 amide bonds. The van der Waals surface area contributed by atoms with E-state index in [2.05, 4.69) is 4.98 Å². The molecule has 0 fully saturated rings. The highest BCUT2D eigenvalue weighted by molar-refractivity contribution is 7.09. The van der Waals surface area contributed by atoms with Crippen molar-refractivity contribution in [1.82, 2.24) is 4.98 Å². The summed E-state index contributed by atoms with van der Waals surface area (Å²) >= 11 is 1.54. The van der Waals surface area contributed by atoms with Crippen LogP contribution in [0.25, 0.3) is 0 Å². The van der Waals surface area contributed by atoms with Gasteiger partial charge in [0.2, 0.25) is 0 Å². The van der Waals surface area contributed by atoms with Crippen LogP contribution in [0, 0.1) is 0 Å². The van der Waals surface area contributed by atoms with Crippen molar-refractivity contribution in [2.24, 2.45) is 0 Å². The number of aromatic nitrogens is 1. The zero-order valence-corrected chi connectivity index (χ0v) is 7.70. The van der Waals surface area contributed by atoms with Gasteiger partial charge in [-0.15, -0.1) is 11.3 Å².